The summed E-state index contributed by atoms with van der Waals surface area (Å²) >= 11 is 0. The lowest BCUT2D eigenvalue weighted by Gasteiger charge is -2.24. The molecule has 0 amide bonds. The van der Waals surface area contributed by atoms with Crippen molar-refractivity contribution in [3.05, 3.63) is 0 Å². The molecule has 0 heterocycles. The van der Waals surface area contributed by atoms with Crippen LogP contribution in [0.1, 0.15) is 188 Å². The number of unbranched alkanes of at least 4 members (excludes halogenated alkanes) is 20. The van der Waals surface area contributed by atoms with Crippen LogP contribution >= 0.6 is 0 Å². The summed E-state index contributed by atoms with van der Waals surface area (Å²) < 4.78 is 0. The van der Waals surface area contributed by atoms with Crippen molar-refractivity contribution in [2.45, 2.75) is 206 Å². The molecule has 0 rings (SSSR count). The molecule has 0 aliphatic carbocycles. The van der Waals surface area contributed by atoms with Crippen molar-refractivity contribution < 1.29 is 15.3 Å². The Bertz CT molecular complexity index is 566. The highest BCUT2D eigenvalue weighted by molar-refractivity contribution is 4.69. The van der Waals surface area contributed by atoms with E-state index in [0.29, 0.717) is 19.6 Å². The number of nitrogens with zero attached hydrogens (tertiary/aromatic N) is 1. The van der Waals surface area contributed by atoms with Crippen molar-refractivity contribution in [2.75, 3.05) is 58.9 Å². The molecule has 0 radical (unpaired) electrons. The largest absolute Gasteiger partial charge is 0.392 e. The highest BCUT2D eigenvalue weighted by atomic mass is 16.3. The monoisotopic (exact) mass is 685 g/mol. The van der Waals surface area contributed by atoms with Crippen LogP contribution in [-0.4, -0.2) is 97.4 Å². The fraction of sp³-hybridized carbons (Fsp3) is 1.00. The third-order valence-corrected chi connectivity index (χ3v) is 9.88. The van der Waals surface area contributed by atoms with Gasteiger partial charge in [0.2, 0.25) is 0 Å². The number of aliphatic hydroxyl groups is 3. The first-order valence-corrected chi connectivity index (χ1v) is 21.4. The summed E-state index contributed by atoms with van der Waals surface area (Å²) in [6, 6.07) is 0. The van der Waals surface area contributed by atoms with E-state index in [4.69, 9.17) is 0 Å². The molecule has 7 heteroatoms. The Morgan fingerprint density at radius 3 is 0.833 bits per heavy atom. The molecule has 6 N–H and O–H groups in total. The van der Waals surface area contributed by atoms with Crippen LogP contribution < -0.4 is 16.0 Å². The number of hydrogen-bond donors (Lipinski definition) is 6. The Kier molecular flexibility index (Phi) is 39.3. The van der Waals surface area contributed by atoms with Gasteiger partial charge in [-0.3, -0.25) is 4.90 Å². The van der Waals surface area contributed by atoms with Gasteiger partial charge in [0, 0.05) is 58.9 Å². The van der Waals surface area contributed by atoms with Gasteiger partial charge in [-0.15, -0.1) is 0 Å². The van der Waals surface area contributed by atoms with Gasteiger partial charge in [0.05, 0.1) is 18.3 Å². The Balaban J connectivity index is 4.23. The molecular weight excluding hydrogens is 596 g/mol. The van der Waals surface area contributed by atoms with Crippen molar-refractivity contribution in [3.8, 4) is 0 Å². The van der Waals surface area contributed by atoms with Gasteiger partial charge in [-0.1, -0.05) is 168 Å². The zero-order valence-corrected chi connectivity index (χ0v) is 32.8. The van der Waals surface area contributed by atoms with Crippen LogP contribution in [0.2, 0.25) is 0 Å². The summed E-state index contributed by atoms with van der Waals surface area (Å²) in [6.45, 7) is 14.1. The zero-order chi connectivity index (χ0) is 35.2. The molecule has 0 aromatic rings. The Morgan fingerprint density at radius 2 is 0.583 bits per heavy atom. The smallest absolute Gasteiger partial charge is 0.0664 e. The van der Waals surface area contributed by atoms with Crippen molar-refractivity contribution in [1.82, 2.24) is 20.9 Å². The fourth-order valence-corrected chi connectivity index (χ4v) is 6.52. The van der Waals surface area contributed by atoms with E-state index >= 15 is 0 Å². The second-order valence-electron chi connectivity index (χ2n) is 14.9. The van der Waals surface area contributed by atoms with Crippen LogP contribution in [0.3, 0.4) is 0 Å². The van der Waals surface area contributed by atoms with Crippen molar-refractivity contribution in [2.24, 2.45) is 0 Å². The SMILES string of the molecule is CCCCCCCCCCC(O)CNCCN(CCNCC(O)CCCCCCCCC)CCNCC(O)CCCCCCCCCC. The van der Waals surface area contributed by atoms with Crippen LogP contribution in [0.25, 0.3) is 0 Å². The summed E-state index contributed by atoms with van der Waals surface area (Å²) in [7, 11) is 0. The molecule has 3 unspecified atom stereocenters. The van der Waals surface area contributed by atoms with Gasteiger partial charge in [-0.05, 0) is 19.3 Å². The summed E-state index contributed by atoms with van der Waals surface area (Å²) in [5.41, 5.74) is 0. The van der Waals surface area contributed by atoms with Crippen LogP contribution in [0, 0.1) is 0 Å². The van der Waals surface area contributed by atoms with Gasteiger partial charge < -0.3 is 31.3 Å². The molecule has 290 valence electrons. The van der Waals surface area contributed by atoms with E-state index in [9.17, 15) is 15.3 Å². The lowest BCUT2D eigenvalue weighted by Crippen LogP contribution is -2.43. The highest BCUT2D eigenvalue weighted by Crippen LogP contribution is 2.12. The standard InChI is InChI=1S/C41H88N4O3/c1-4-7-10-13-16-19-22-25-28-40(47)37-43-31-34-45(33-30-42-36-39(46)27-24-21-18-15-12-9-6-3)35-32-44-38-41(48)29-26-23-20-17-14-11-8-5-2/h39-44,46-48H,4-38H2,1-3H3. The topological polar surface area (TPSA) is 100 Å². The van der Waals surface area contributed by atoms with Gasteiger partial charge in [0.25, 0.3) is 0 Å². The molecule has 0 spiro atoms. The maximum absolute atomic E-state index is 10.5. The summed E-state index contributed by atoms with van der Waals surface area (Å²) in [5.74, 6) is 0. The minimum Gasteiger partial charge on any atom is -0.392 e. The Labute approximate surface area is 300 Å². The van der Waals surface area contributed by atoms with E-state index in [1.165, 1.54) is 128 Å². The molecule has 0 fully saturated rings. The molecule has 0 aliphatic rings. The molecule has 0 bridgehead atoms. The first kappa shape index (κ1) is 47.7. The second-order valence-corrected chi connectivity index (χ2v) is 14.9. The van der Waals surface area contributed by atoms with E-state index in [0.717, 1.165) is 77.8 Å². The van der Waals surface area contributed by atoms with E-state index < -0.39 is 0 Å². The lowest BCUT2D eigenvalue weighted by molar-refractivity contribution is 0.150. The van der Waals surface area contributed by atoms with Gasteiger partial charge >= 0.3 is 0 Å². The normalized spacial score (nSPS) is 13.8. The van der Waals surface area contributed by atoms with Crippen LogP contribution in [0.4, 0.5) is 0 Å². The van der Waals surface area contributed by atoms with Crippen LogP contribution in [0.15, 0.2) is 0 Å². The molecule has 3 atom stereocenters. The zero-order valence-electron chi connectivity index (χ0n) is 32.8. The molecule has 48 heavy (non-hydrogen) atoms. The summed E-state index contributed by atoms with van der Waals surface area (Å²) in [6.07, 6.45) is 31.6. The molecular formula is C41H88N4O3. The number of aliphatic hydroxyl groups excluding tert-OH is 3. The van der Waals surface area contributed by atoms with E-state index in [1.54, 1.807) is 0 Å². The first-order chi connectivity index (χ1) is 23.5. The molecule has 0 saturated carbocycles. The third-order valence-electron chi connectivity index (χ3n) is 9.88. The van der Waals surface area contributed by atoms with E-state index in [2.05, 4.69) is 41.6 Å². The van der Waals surface area contributed by atoms with Gasteiger partial charge in [0.15, 0.2) is 0 Å². The van der Waals surface area contributed by atoms with Crippen LogP contribution in [-0.2, 0) is 0 Å². The van der Waals surface area contributed by atoms with Crippen molar-refractivity contribution in [3.63, 3.8) is 0 Å². The predicted octanol–water partition coefficient (Wildman–Crippen LogP) is 8.34. The minimum absolute atomic E-state index is 0.262. The van der Waals surface area contributed by atoms with E-state index in [-0.39, 0.29) is 18.3 Å². The molecule has 0 aromatic carbocycles. The van der Waals surface area contributed by atoms with Gasteiger partial charge in [-0.2, -0.15) is 0 Å². The number of hydrogen-bond acceptors (Lipinski definition) is 7. The number of rotatable bonds is 41. The molecule has 7 nitrogen and oxygen atoms in total. The molecule has 0 aliphatic heterocycles. The van der Waals surface area contributed by atoms with E-state index in [1.807, 2.05) is 0 Å². The molecule has 0 saturated heterocycles. The van der Waals surface area contributed by atoms with Crippen LogP contribution in [0.5, 0.6) is 0 Å². The third kappa shape index (κ3) is 37.0. The van der Waals surface area contributed by atoms with Crippen molar-refractivity contribution in [1.29, 1.82) is 0 Å². The Morgan fingerprint density at radius 1 is 0.354 bits per heavy atom. The quantitative estimate of drug-likeness (QED) is 0.0360. The summed E-state index contributed by atoms with van der Waals surface area (Å²) in [5, 5.41) is 41.8. The van der Waals surface area contributed by atoms with Gasteiger partial charge in [-0.25, -0.2) is 0 Å². The van der Waals surface area contributed by atoms with Gasteiger partial charge in [0.1, 0.15) is 0 Å². The predicted molar refractivity (Wildman–Crippen MR) is 210 cm³/mol. The fourth-order valence-electron chi connectivity index (χ4n) is 6.52. The maximum atomic E-state index is 10.5. The number of nitrogens with one attached hydrogen (secondary N) is 3. The minimum atomic E-state index is -0.262. The Hall–Kier alpha value is -0.280. The average Bonchev–Trinajstić information content (AvgIpc) is 3.08. The maximum Gasteiger partial charge on any atom is 0.0664 e. The van der Waals surface area contributed by atoms with Crippen molar-refractivity contribution >= 4 is 0 Å². The average molecular weight is 685 g/mol. The second kappa shape index (κ2) is 39.5. The highest BCUT2D eigenvalue weighted by Gasteiger charge is 2.09. The molecule has 0 aromatic heterocycles. The summed E-state index contributed by atoms with van der Waals surface area (Å²) in [4.78, 5) is 2.45. The first-order valence-electron chi connectivity index (χ1n) is 21.4. The lowest BCUT2D eigenvalue weighted by atomic mass is 10.1.